The predicted octanol–water partition coefficient (Wildman–Crippen LogP) is 4.06. The summed E-state index contributed by atoms with van der Waals surface area (Å²) < 4.78 is 0. The fourth-order valence-corrected chi connectivity index (χ4v) is 6.62. The SMILES string of the molecule is C=CCN1CC(=O)N2[C@@H](Cc3ccc(O)cc3)C(=O)N(Cc3cccc4c(C(C)=O)c[nH]c34)C[C@@H]2N1C(=O)CCc1ccccc1. The molecule has 2 N–H and O–H groups in total. The first-order valence-electron chi connectivity index (χ1n) is 15.4. The number of fused-ring (bicyclic) bond motifs is 2. The molecule has 46 heavy (non-hydrogen) atoms. The normalized spacial score (nSPS) is 18.6. The molecule has 236 valence electrons. The molecular formula is C36H37N5O5. The highest BCUT2D eigenvalue weighted by Crippen LogP contribution is 2.31. The lowest BCUT2D eigenvalue weighted by Crippen LogP contribution is -2.75. The molecule has 0 bridgehead atoms. The van der Waals surface area contributed by atoms with Crippen molar-refractivity contribution in [3.05, 3.63) is 114 Å². The van der Waals surface area contributed by atoms with Crippen molar-refractivity contribution >= 4 is 34.4 Å². The predicted molar refractivity (Wildman–Crippen MR) is 173 cm³/mol. The molecule has 0 saturated carbocycles. The third-order valence-electron chi connectivity index (χ3n) is 8.80. The van der Waals surface area contributed by atoms with Crippen LogP contribution in [0.3, 0.4) is 0 Å². The number of carbonyl (C=O) groups is 4. The molecule has 4 aromatic rings. The maximum atomic E-state index is 14.3. The maximum absolute atomic E-state index is 14.3. The van der Waals surface area contributed by atoms with Crippen LogP contribution in [-0.4, -0.2) is 85.3 Å². The van der Waals surface area contributed by atoms with Gasteiger partial charge in [-0.2, -0.15) is 0 Å². The summed E-state index contributed by atoms with van der Waals surface area (Å²) in [5.74, 6) is -0.583. The Morgan fingerprint density at radius 3 is 2.48 bits per heavy atom. The molecule has 10 heteroatoms. The molecule has 2 aliphatic rings. The van der Waals surface area contributed by atoms with E-state index in [9.17, 15) is 24.3 Å². The molecule has 2 fully saturated rings. The number of nitrogens with zero attached hydrogens (tertiary/aromatic N) is 4. The van der Waals surface area contributed by atoms with Crippen molar-refractivity contribution in [1.29, 1.82) is 0 Å². The molecule has 3 amide bonds. The van der Waals surface area contributed by atoms with E-state index in [0.29, 0.717) is 18.5 Å². The number of carbonyl (C=O) groups excluding carboxylic acids is 4. The van der Waals surface area contributed by atoms with Gasteiger partial charge >= 0.3 is 0 Å². The number of hydrogen-bond donors (Lipinski definition) is 2. The summed E-state index contributed by atoms with van der Waals surface area (Å²) in [5.41, 5.74) is 3.97. The molecule has 10 nitrogen and oxygen atoms in total. The van der Waals surface area contributed by atoms with Gasteiger partial charge in [0.2, 0.25) is 17.7 Å². The van der Waals surface area contributed by atoms with Gasteiger partial charge in [0.25, 0.3) is 0 Å². The summed E-state index contributed by atoms with van der Waals surface area (Å²) in [6, 6.07) is 21.1. The molecule has 6 rings (SSSR count). The quantitative estimate of drug-likeness (QED) is 0.204. The Hall–Kier alpha value is -5.22. The third-order valence-corrected chi connectivity index (χ3v) is 8.80. The van der Waals surface area contributed by atoms with Crippen molar-refractivity contribution in [2.75, 3.05) is 19.6 Å². The molecule has 1 aromatic heterocycles. The molecule has 2 aliphatic heterocycles. The first-order chi connectivity index (χ1) is 22.2. The van der Waals surface area contributed by atoms with E-state index in [-0.39, 0.29) is 61.7 Å². The van der Waals surface area contributed by atoms with Crippen LogP contribution in [0.2, 0.25) is 0 Å². The number of hydrazine groups is 1. The molecule has 3 heterocycles. The number of phenolic OH excluding ortho intramolecular Hbond substituents is 1. The summed E-state index contributed by atoms with van der Waals surface area (Å²) >= 11 is 0. The van der Waals surface area contributed by atoms with Crippen molar-refractivity contribution < 1.29 is 24.3 Å². The average Bonchev–Trinajstić information content (AvgIpc) is 3.49. The Labute approximate surface area is 267 Å². The van der Waals surface area contributed by atoms with Gasteiger partial charge in [0, 0.05) is 43.1 Å². The van der Waals surface area contributed by atoms with E-state index < -0.39 is 12.2 Å². The smallest absolute Gasteiger partial charge is 0.246 e. The van der Waals surface area contributed by atoms with Gasteiger partial charge in [-0.3, -0.25) is 19.2 Å². The number of benzene rings is 3. The van der Waals surface area contributed by atoms with Gasteiger partial charge in [0.1, 0.15) is 18.0 Å². The molecule has 2 saturated heterocycles. The third kappa shape index (κ3) is 6.03. The summed E-state index contributed by atoms with van der Waals surface area (Å²) in [6.45, 7) is 5.93. The monoisotopic (exact) mass is 619 g/mol. The van der Waals surface area contributed by atoms with Crippen LogP contribution in [0.25, 0.3) is 10.9 Å². The Morgan fingerprint density at radius 2 is 1.76 bits per heavy atom. The van der Waals surface area contributed by atoms with Gasteiger partial charge in [-0.15, -0.1) is 6.58 Å². The Bertz CT molecular complexity index is 1780. The first-order valence-corrected chi connectivity index (χ1v) is 15.4. The van der Waals surface area contributed by atoms with Crippen molar-refractivity contribution in [3.63, 3.8) is 0 Å². The minimum absolute atomic E-state index is 0.0604. The molecule has 0 aliphatic carbocycles. The number of para-hydroxylation sites is 1. The fourth-order valence-electron chi connectivity index (χ4n) is 6.62. The summed E-state index contributed by atoms with van der Waals surface area (Å²) in [7, 11) is 0. The Balaban J connectivity index is 1.37. The minimum Gasteiger partial charge on any atom is -0.508 e. The fraction of sp³-hybridized carbons (Fsp3) is 0.278. The zero-order valence-electron chi connectivity index (χ0n) is 25.8. The number of piperazine rings is 1. The summed E-state index contributed by atoms with van der Waals surface area (Å²) in [5, 5.41) is 14.0. The second-order valence-corrected chi connectivity index (χ2v) is 11.8. The van der Waals surface area contributed by atoms with Crippen molar-refractivity contribution in [3.8, 4) is 5.75 Å². The van der Waals surface area contributed by atoms with Crippen LogP contribution in [-0.2, 0) is 33.8 Å². The number of aromatic hydroxyl groups is 1. The number of aromatic nitrogens is 1. The molecule has 0 unspecified atom stereocenters. The number of Topliss-reactive ketones (excluding diaryl/α,β-unsaturated/α-hetero) is 1. The van der Waals surface area contributed by atoms with E-state index in [1.807, 2.05) is 48.5 Å². The topological polar surface area (TPSA) is 117 Å². The minimum atomic E-state index is -0.873. The Morgan fingerprint density at radius 1 is 1.00 bits per heavy atom. The van der Waals surface area contributed by atoms with Gasteiger partial charge in [0.15, 0.2) is 5.78 Å². The largest absolute Gasteiger partial charge is 0.508 e. The lowest BCUT2D eigenvalue weighted by molar-refractivity contribution is -0.205. The highest BCUT2D eigenvalue weighted by molar-refractivity contribution is 6.07. The number of ketones is 1. The van der Waals surface area contributed by atoms with Crippen LogP contribution in [0.4, 0.5) is 0 Å². The summed E-state index contributed by atoms with van der Waals surface area (Å²) in [4.78, 5) is 61.0. The zero-order chi connectivity index (χ0) is 32.4. The van der Waals surface area contributed by atoms with Gasteiger partial charge in [0.05, 0.1) is 18.6 Å². The van der Waals surface area contributed by atoms with E-state index in [2.05, 4.69) is 11.6 Å². The van der Waals surface area contributed by atoms with Gasteiger partial charge in [-0.1, -0.05) is 66.7 Å². The highest BCUT2D eigenvalue weighted by atomic mass is 16.3. The summed E-state index contributed by atoms with van der Waals surface area (Å²) in [6.07, 6.45) is 3.59. The molecule has 0 spiro atoms. The van der Waals surface area contributed by atoms with Gasteiger partial charge < -0.3 is 19.9 Å². The number of H-pyrrole nitrogens is 1. The molecule has 2 atom stereocenters. The Kier molecular flexibility index (Phi) is 8.72. The number of aryl methyl sites for hydroxylation is 1. The first kappa shape index (κ1) is 30.8. The number of nitrogens with one attached hydrogen (secondary N) is 1. The van der Waals surface area contributed by atoms with Crippen LogP contribution >= 0.6 is 0 Å². The van der Waals surface area contributed by atoms with Crippen LogP contribution in [0.1, 0.15) is 40.4 Å². The van der Waals surface area contributed by atoms with Crippen LogP contribution in [0, 0.1) is 0 Å². The lowest BCUT2D eigenvalue weighted by Gasteiger charge is -2.55. The number of aromatic amines is 1. The van der Waals surface area contributed by atoms with Crippen LogP contribution in [0.5, 0.6) is 5.75 Å². The average molecular weight is 620 g/mol. The molecular weight excluding hydrogens is 582 g/mol. The number of amides is 3. The standard InChI is InChI=1S/C36H37N5O5/c1-3-18-39-23-34(45)40-31(19-26-12-15-28(43)16-13-26)36(46)38(21-27-10-7-11-29-30(24(2)42)20-37-35(27)29)22-32(40)41(39)33(44)17-14-25-8-5-4-6-9-25/h3-13,15-16,20,31-32,37,43H,1,14,17-19,21-23H2,2H3/t31-,32-/m0/s1. The number of rotatable bonds is 10. The van der Waals surface area contributed by atoms with E-state index >= 15 is 0 Å². The van der Waals surface area contributed by atoms with Crippen LogP contribution < -0.4 is 0 Å². The maximum Gasteiger partial charge on any atom is 0.246 e. The number of hydrogen-bond acceptors (Lipinski definition) is 6. The van der Waals surface area contributed by atoms with Gasteiger partial charge in [-0.25, -0.2) is 10.0 Å². The zero-order valence-corrected chi connectivity index (χ0v) is 25.8. The number of phenols is 1. The van der Waals surface area contributed by atoms with Crippen molar-refractivity contribution in [2.24, 2.45) is 0 Å². The van der Waals surface area contributed by atoms with Crippen molar-refractivity contribution in [2.45, 2.75) is 44.9 Å². The van der Waals surface area contributed by atoms with Crippen LogP contribution in [0.15, 0.2) is 91.6 Å². The molecule has 0 radical (unpaired) electrons. The van der Waals surface area contributed by atoms with Crippen molar-refractivity contribution in [1.82, 2.24) is 24.8 Å². The highest BCUT2D eigenvalue weighted by Gasteiger charge is 2.51. The van der Waals surface area contributed by atoms with Gasteiger partial charge in [-0.05, 0) is 42.2 Å². The second kappa shape index (κ2) is 13.0. The lowest BCUT2D eigenvalue weighted by atomic mass is 9.97. The van der Waals surface area contributed by atoms with E-state index in [1.165, 1.54) is 6.92 Å². The van der Waals surface area contributed by atoms with E-state index in [1.54, 1.807) is 56.4 Å². The van der Waals surface area contributed by atoms with E-state index in [0.717, 1.165) is 27.6 Å². The molecule has 3 aromatic carbocycles. The van der Waals surface area contributed by atoms with E-state index in [4.69, 9.17) is 0 Å². The second-order valence-electron chi connectivity index (χ2n) is 11.8.